The monoisotopic (exact) mass is 336 g/mol. The molecule has 0 radical (unpaired) electrons. The summed E-state index contributed by atoms with van der Waals surface area (Å²) in [6.07, 6.45) is 0. The average molecular weight is 337 g/mol. The number of aryl methyl sites for hydroxylation is 2. The van der Waals surface area contributed by atoms with Crippen LogP contribution < -0.4 is 10.6 Å². The first-order chi connectivity index (χ1) is 10.4. The third-order valence-corrected chi connectivity index (χ3v) is 4.03. The van der Waals surface area contributed by atoms with Crippen LogP contribution in [0.2, 0.25) is 10.0 Å². The number of halogens is 2. The lowest BCUT2D eigenvalue weighted by Crippen LogP contribution is -2.32. The van der Waals surface area contributed by atoms with Crippen LogP contribution in [-0.2, 0) is 4.79 Å². The molecule has 1 atom stereocenters. The number of amides is 1. The zero-order chi connectivity index (χ0) is 16.3. The zero-order valence-electron chi connectivity index (χ0n) is 12.7. The summed E-state index contributed by atoms with van der Waals surface area (Å²) in [5.74, 6) is -0.178. The van der Waals surface area contributed by atoms with Gasteiger partial charge in [0.25, 0.3) is 0 Å². The van der Waals surface area contributed by atoms with Crippen LogP contribution in [0.5, 0.6) is 0 Å². The van der Waals surface area contributed by atoms with Gasteiger partial charge in [-0.1, -0.05) is 29.3 Å². The minimum absolute atomic E-state index is 0.178. The van der Waals surface area contributed by atoms with Gasteiger partial charge >= 0.3 is 0 Å². The molecule has 0 bridgehead atoms. The minimum atomic E-state index is -0.405. The standard InChI is InChI=1S/C17H18Cl2N2O/c1-10-4-6-14(8-11(10)2)20-12(3)17(22)21-16-9-13(18)5-7-15(16)19/h4-9,12,20H,1-3H3,(H,21,22)/t12-/m1/s1. The maximum absolute atomic E-state index is 12.3. The van der Waals surface area contributed by atoms with E-state index in [1.165, 1.54) is 11.1 Å². The normalized spacial score (nSPS) is 11.9. The minimum Gasteiger partial charge on any atom is -0.374 e. The molecule has 2 rings (SSSR count). The summed E-state index contributed by atoms with van der Waals surface area (Å²) in [5.41, 5.74) is 3.81. The van der Waals surface area contributed by atoms with Gasteiger partial charge in [-0.25, -0.2) is 0 Å². The van der Waals surface area contributed by atoms with Crippen LogP contribution in [0.15, 0.2) is 36.4 Å². The van der Waals surface area contributed by atoms with E-state index in [-0.39, 0.29) is 5.91 Å². The number of anilines is 2. The summed E-state index contributed by atoms with van der Waals surface area (Å²) in [6, 6.07) is 10.6. The molecule has 0 unspecified atom stereocenters. The molecule has 0 spiro atoms. The Kier molecular flexibility index (Phi) is 5.33. The lowest BCUT2D eigenvalue weighted by atomic mass is 10.1. The third kappa shape index (κ3) is 4.15. The van der Waals surface area contributed by atoms with Crippen molar-refractivity contribution in [3.8, 4) is 0 Å². The van der Waals surface area contributed by atoms with Gasteiger partial charge in [-0.05, 0) is 62.2 Å². The molecule has 2 aromatic carbocycles. The highest BCUT2D eigenvalue weighted by atomic mass is 35.5. The molecule has 0 aromatic heterocycles. The molecule has 0 saturated heterocycles. The largest absolute Gasteiger partial charge is 0.374 e. The van der Waals surface area contributed by atoms with Gasteiger partial charge < -0.3 is 10.6 Å². The fraction of sp³-hybridized carbons (Fsp3) is 0.235. The summed E-state index contributed by atoms with van der Waals surface area (Å²) in [5, 5.41) is 6.93. The van der Waals surface area contributed by atoms with Crippen molar-refractivity contribution in [2.24, 2.45) is 0 Å². The Morgan fingerprint density at radius 3 is 2.45 bits per heavy atom. The summed E-state index contributed by atoms with van der Waals surface area (Å²) in [4.78, 5) is 12.3. The molecular formula is C17H18Cl2N2O. The van der Waals surface area contributed by atoms with Gasteiger partial charge in [-0.2, -0.15) is 0 Å². The quantitative estimate of drug-likeness (QED) is 0.820. The first kappa shape index (κ1) is 16.7. The predicted octanol–water partition coefficient (Wildman–Crippen LogP) is 5.05. The van der Waals surface area contributed by atoms with Gasteiger partial charge in [0.15, 0.2) is 0 Å². The molecule has 0 aliphatic rings. The Labute approximate surface area is 140 Å². The number of carbonyl (C=O) groups excluding carboxylic acids is 1. The van der Waals surface area contributed by atoms with Gasteiger partial charge in [0.05, 0.1) is 10.7 Å². The zero-order valence-corrected chi connectivity index (χ0v) is 14.2. The Hall–Kier alpha value is -1.71. The van der Waals surface area contributed by atoms with E-state index in [4.69, 9.17) is 23.2 Å². The lowest BCUT2D eigenvalue weighted by Gasteiger charge is -2.17. The highest BCUT2D eigenvalue weighted by Crippen LogP contribution is 2.25. The van der Waals surface area contributed by atoms with Crippen LogP contribution >= 0.6 is 23.2 Å². The van der Waals surface area contributed by atoms with Crippen molar-refractivity contribution in [1.29, 1.82) is 0 Å². The molecule has 0 saturated carbocycles. The molecule has 0 fully saturated rings. The van der Waals surface area contributed by atoms with E-state index < -0.39 is 6.04 Å². The molecule has 22 heavy (non-hydrogen) atoms. The second-order valence-corrected chi connectivity index (χ2v) is 6.12. The Bertz CT molecular complexity index is 701. The van der Waals surface area contributed by atoms with Crippen molar-refractivity contribution in [3.05, 3.63) is 57.6 Å². The van der Waals surface area contributed by atoms with E-state index in [1.54, 1.807) is 25.1 Å². The van der Waals surface area contributed by atoms with E-state index in [0.717, 1.165) is 5.69 Å². The fourth-order valence-electron chi connectivity index (χ4n) is 1.98. The third-order valence-electron chi connectivity index (χ3n) is 3.47. The van der Waals surface area contributed by atoms with E-state index in [9.17, 15) is 4.79 Å². The van der Waals surface area contributed by atoms with Gasteiger partial charge in [-0.15, -0.1) is 0 Å². The Morgan fingerprint density at radius 2 is 1.77 bits per heavy atom. The van der Waals surface area contributed by atoms with Crippen molar-refractivity contribution in [1.82, 2.24) is 0 Å². The summed E-state index contributed by atoms with van der Waals surface area (Å²) in [7, 11) is 0. The molecule has 2 aromatic rings. The fourth-order valence-corrected chi connectivity index (χ4v) is 2.32. The predicted molar refractivity (Wildman–Crippen MR) is 94.1 cm³/mol. The molecule has 2 N–H and O–H groups in total. The van der Waals surface area contributed by atoms with Crippen LogP contribution in [0.1, 0.15) is 18.1 Å². The van der Waals surface area contributed by atoms with Crippen LogP contribution in [0.3, 0.4) is 0 Å². The molecule has 116 valence electrons. The highest BCUT2D eigenvalue weighted by molar-refractivity contribution is 6.35. The van der Waals surface area contributed by atoms with E-state index in [1.807, 2.05) is 25.1 Å². The molecule has 0 aliphatic carbocycles. The van der Waals surface area contributed by atoms with Crippen molar-refractivity contribution in [2.45, 2.75) is 26.8 Å². The topological polar surface area (TPSA) is 41.1 Å². The lowest BCUT2D eigenvalue weighted by molar-refractivity contribution is -0.116. The molecule has 0 aliphatic heterocycles. The first-order valence-corrected chi connectivity index (χ1v) is 7.72. The Balaban J connectivity index is 2.05. The summed E-state index contributed by atoms with van der Waals surface area (Å²) >= 11 is 12.0. The van der Waals surface area contributed by atoms with Crippen molar-refractivity contribution >= 4 is 40.5 Å². The molecule has 5 heteroatoms. The van der Waals surface area contributed by atoms with Crippen LogP contribution in [0, 0.1) is 13.8 Å². The van der Waals surface area contributed by atoms with E-state index >= 15 is 0 Å². The molecule has 1 amide bonds. The van der Waals surface area contributed by atoms with Crippen LogP contribution in [-0.4, -0.2) is 11.9 Å². The van der Waals surface area contributed by atoms with Crippen molar-refractivity contribution in [2.75, 3.05) is 10.6 Å². The number of carbonyl (C=O) groups is 1. The van der Waals surface area contributed by atoms with Crippen molar-refractivity contribution in [3.63, 3.8) is 0 Å². The van der Waals surface area contributed by atoms with Gasteiger partial charge in [0.1, 0.15) is 6.04 Å². The van der Waals surface area contributed by atoms with E-state index in [0.29, 0.717) is 15.7 Å². The number of rotatable bonds is 4. The Morgan fingerprint density at radius 1 is 1.05 bits per heavy atom. The summed E-state index contributed by atoms with van der Waals surface area (Å²) in [6.45, 7) is 5.89. The number of hydrogen-bond donors (Lipinski definition) is 2. The van der Waals surface area contributed by atoms with E-state index in [2.05, 4.69) is 17.6 Å². The maximum atomic E-state index is 12.3. The molecular weight excluding hydrogens is 319 g/mol. The maximum Gasteiger partial charge on any atom is 0.246 e. The van der Waals surface area contributed by atoms with Crippen LogP contribution in [0.4, 0.5) is 11.4 Å². The van der Waals surface area contributed by atoms with Crippen molar-refractivity contribution < 1.29 is 4.79 Å². The molecule has 0 heterocycles. The van der Waals surface area contributed by atoms with Gasteiger partial charge in [0, 0.05) is 10.7 Å². The number of nitrogens with one attached hydrogen (secondary N) is 2. The SMILES string of the molecule is Cc1ccc(N[C@H](C)C(=O)Nc2cc(Cl)ccc2Cl)cc1C. The number of hydrogen-bond acceptors (Lipinski definition) is 2. The molecule has 3 nitrogen and oxygen atoms in total. The van der Waals surface area contributed by atoms with Gasteiger partial charge in [-0.3, -0.25) is 4.79 Å². The first-order valence-electron chi connectivity index (χ1n) is 6.96. The average Bonchev–Trinajstić information content (AvgIpc) is 2.46. The number of benzene rings is 2. The second kappa shape index (κ2) is 7.03. The smallest absolute Gasteiger partial charge is 0.246 e. The second-order valence-electron chi connectivity index (χ2n) is 5.28. The highest BCUT2D eigenvalue weighted by Gasteiger charge is 2.14. The van der Waals surface area contributed by atoms with Crippen LogP contribution in [0.25, 0.3) is 0 Å². The summed E-state index contributed by atoms with van der Waals surface area (Å²) < 4.78 is 0. The van der Waals surface area contributed by atoms with Gasteiger partial charge in [0.2, 0.25) is 5.91 Å².